The lowest BCUT2D eigenvalue weighted by Crippen LogP contribution is -3.28. The van der Waals surface area contributed by atoms with Crippen LogP contribution in [0.3, 0.4) is 0 Å². The normalized spacial score (nSPS) is 20.2. The van der Waals surface area contributed by atoms with E-state index in [0.29, 0.717) is 24.3 Å². The van der Waals surface area contributed by atoms with Gasteiger partial charge in [0.15, 0.2) is 5.78 Å². The van der Waals surface area contributed by atoms with Crippen molar-refractivity contribution in [1.82, 2.24) is 0 Å². The van der Waals surface area contributed by atoms with Gasteiger partial charge in [-0.05, 0) is 36.4 Å². The number of carbonyl (C=O) groups is 1. The number of Topliss-reactive ketones (excluding diaryl/α,β-unsaturated/α-hetero) is 1. The molecule has 0 radical (unpaired) electrons. The SMILES string of the molecule is CCC(=O)c1ccc(OC[C@@H](O)C[NH+]2CC[NH+](Cc3ccc(Cl)cc3)CC2)cc1. The van der Waals surface area contributed by atoms with Crippen LogP contribution < -0.4 is 14.5 Å². The van der Waals surface area contributed by atoms with E-state index >= 15 is 0 Å². The van der Waals surface area contributed by atoms with Gasteiger partial charge in [-0.25, -0.2) is 0 Å². The van der Waals surface area contributed by atoms with Crippen LogP contribution in [0.2, 0.25) is 5.02 Å². The number of halogens is 1. The number of benzene rings is 2. The molecule has 1 fully saturated rings. The van der Waals surface area contributed by atoms with Crippen LogP contribution in [0.1, 0.15) is 29.3 Å². The molecule has 1 aliphatic heterocycles. The van der Waals surface area contributed by atoms with Crippen molar-refractivity contribution in [3.63, 3.8) is 0 Å². The third kappa shape index (κ3) is 6.82. The lowest BCUT2D eigenvalue weighted by molar-refractivity contribution is -1.02. The van der Waals surface area contributed by atoms with Crippen LogP contribution in [-0.2, 0) is 6.54 Å². The third-order valence-electron chi connectivity index (χ3n) is 5.50. The first-order valence-electron chi connectivity index (χ1n) is 10.4. The molecule has 0 aliphatic carbocycles. The number of aliphatic hydroxyl groups is 1. The van der Waals surface area contributed by atoms with Crippen LogP contribution in [-0.4, -0.2) is 56.3 Å². The summed E-state index contributed by atoms with van der Waals surface area (Å²) in [5.74, 6) is 0.807. The van der Waals surface area contributed by atoms with Gasteiger partial charge in [0.25, 0.3) is 0 Å². The van der Waals surface area contributed by atoms with E-state index in [-0.39, 0.29) is 12.4 Å². The molecule has 2 aromatic carbocycles. The van der Waals surface area contributed by atoms with Crippen LogP contribution in [0.25, 0.3) is 0 Å². The molecule has 0 bridgehead atoms. The number of ether oxygens (including phenoxy) is 1. The second-order valence-electron chi connectivity index (χ2n) is 7.77. The van der Waals surface area contributed by atoms with Gasteiger partial charge in [-0.3, -0.25) is 4.79 Å². The second kappa shape index (κ2) is 10.7. The predicted molar refractivity (Wildman–Crippen MR) is 114 cm³/mol. The Morgan fingerprint density at radius 3 is 2.28 bits per heavy atom. The quantitative estimate of drug-likeness (QED) is 0.524. The average Bonchev–Trinajstić information content (AvgIpc) is 2.75. The molecule has 0 aromatic heterocycles. The minimum atomic E-state index is -0.500. The maximum atomic E-state index is 11.7. The Morgan fingerprint density at radius 1 is 1.03 bits per heavy atom. The molecular weight excluding hydrogens is 388 g/mol. The summed E-state index contributed by atoms with van der Waals surface area (Å²) in [6.07, 6.45) is -0.00382. The van der Waals surface area contributed by atoms with E-state index in [9.17, 15) is 9.90 Å². The van der Waals surface area contributed by atoms with E-state index < -0.39 is 6.10 Å². The number of aliphatic hydroxyl groups excluding tert-OH is 1. The molecule has 0 spiro atoms. The highest BCUT2D eigenvalue weighted by molar-refractivity contribution is 6.30. The first-order valence-corrected chi connectivity index (χ1v) is 10.8. The van der Waals surface area contributed by atoms with Gasteiger partial charge < -0.3 is 19.6 Å². The van der Waals surface area contributed by atoms with E-state index in [1.54, 1.807) is 29.2 Å². The van der Waals surface area contributed by atoms with Crippen LogP contribution in [0.5, 0.6) is 5.75 Å². The van der Waals surface area contributed by atoms with E-state index in [4.69, 9.17) is 16.3 Å². The fourth-order valence-electron chi connectivity index (χ4n) is 3.75. The monoisotopic (exact) mass is 418 g/mol. The van der Waals surface area contributed by atoms with Gasteiger partial charge in [-0.15, -0.1) is 0 Å². The number of quaternary nitrogens is 2. The summed E-state index contributed by atoms with van der Waals surface area (Å²) in [5.41, 5.74) is 2.01. The summed E-state index contributed by atoms with van der Waals surface area (Å²) in [6, 6.07) is 15.2. The van der Waals surface area contributed by atoms with Crippen molar-refractivity contribution < 1.29 is 24.4 Å². The minimum absolute atomic E-state index is 0.123. The van der Waals surface area contributed by atoms with Crippen molar-refractivity contribution in [2.45, 2.75) is 26.0 Å². The summed E-state index contributed by atoms with van der Waals surface area (Å²) in [5, 5.41) is 11.1. The number of piperazine rings is 1. The summed E-state index contributed by atoms with van der Waals surface area (Å²) in [6.45, 7) is 8.13. The molecule has 0 amide bonds. The molecule has 3 N–H and O–H groups in total. The molecule has 5 nitrogen and oxygen atoms in total. The van der Waals surface area contributed by atoms with E-state index in [1.165, 1.54) is 10.5 Å². The zero-order valence-corrected chi connectivity index (χ0v) is 17.8. The van der Waals surface area contributed by atoms with Gasteiger partial charge in [0.05, 0.1) is 0 Å². The van der Waals surface area contributed by atoms with E-state index in [2.05, 4.69) is 12.1 Å². The standard InChI is InChI=1S/C23H29ClN2O3/c1-2-23(28)19-5-9-22(10-6-19)29-17-21(27)16-26-13-11-25(12-14-26)15-18-3-7-20(24)8-4-18/h3-10,21,27H,2,11-17H2,1H3/p+2/t21-/m0/s1. The third-order valence-corrected chi connectivity index (χ3v) is 5.75. The molecule has 1 saturated heterocycles. The number of ketones is 1. The number of nitrogens with one attached hydrogen (secondary N) is 2. The first-order chi connectivity index (χ1) is 14.0. The Bertz CT molecular complexity index is 772. The Kier molecular flexibility index (Phi) is 8.07. The lowest BCUT2D eigenvalue weighted by Gasteiger charge is -2.30. The van der Waals surface area contributed by atoms with Crippen LogP contribution >= 0.6 is 11.6 Å². The molecule has 1 aliphatic rings. The largest absolute Gasteiger partial charge is 0.491 e. The Labute approximate surface area is 177 Å². The molecule has 156 valence electrons. The fourth-order valence-corrected chi connectivity index (χ4v) is 3.88. The number of hydrogen-bond acceptors (Lipinski definition) is 3. The predicted octanol–water partition coefficient (Wildman–Crippen LogP) is 0.656. The van der Waals surface area contributed by atoms with Crippen LogP contribution in [0.4, 0.5) is 0 Å². The summed E-state index contributed by atoms with van der Waals surface area (Å²) >= 11 is 5.95. The van der Waals surface area contributed by atoms with E-state index in [0.717, 1.165) is 37.7 Å². The fraction of sp³-hybridized carbons (Fsp3) is 0.435. The highest BCUT2D eigenvalue weighted by atomic mass is 35.5. The summed E-state index contributed by atoms with van der Waals surface area (Å²) in [7, 11) is 0. The molecule has 29 heavy (non-hydrogen) atoms. The summed E-state index contributed by atoms with van der Waals surface area (Å²) < 4.78 is 5.70. The highest BCUT2D eigenvalue weighted by Gasteiger charge is 2.25. The molecule has 1 heterocycles. The van der Waals surface area contributed by atoms with Crippen LogP contribution in [0, 0.1) is 0 Å². The maximum Gasteiger partial charge on any atom is 0.162 e. The maximum absolute atomic E-state index is 11.7. The van der Waals surface area contributed by atoms with Gasteiger partial charge >= 0.3 is 0 Å². The van der Waals surface area contributed by atoms with Crippen molar-refractivity contribution >= 4 is 17.4 Å². The molecule has 2 aromatic rings. The molecule has 0 unspecified atom stereocenters. The Hall–Kier alpha value is -1.92. The lowest BCUT2D eigenvalue weighted by atomic mass is 10.1. The average molecular weight is 419 g/mol. The van der Waals surface area contributed by atoms with Crippen molar-refractivity contribution in [3.8, 4) is 5.75 Å². The smallest absolute Gasteiger partial charge is 0.162 e. The van der Waals surface area contributed by atoms with Crippen molar-refractivity contribution in [3.05, 3.63) is 64.7 Å². The van der Waals surface area contributed by atoms with Gasteiger partial charge in [-0.1, -0.05) is 30.7 Å². The second-order valence-corrected chi connectivity index (χ2v) is 8.21. The zero-order valence-electron chi connectivity index (χ0n) is 17.0. The van der Waals surface area contributed by atoms with Crippen molar-refractivity contribution in [2.24, 2.45) is 0 Å². The van der Waals surface area contributed by atoms with Gasteiger partial charge in [-0.2, -0.15) is 0 Å². The van der Waals surface area contributed by atoms with Crippen molar-refractivity contribution in [2.75, 3.05) is 39.3 Å². The zero-order chi connectivity index (χ0) is 20.6. The molecular formula is C23H31ClN2O3+2. The summed E-state index contributed by atoms with van der Waals surface area (Å²) in [4.78, 5) is 14.7. The molecule has 0 saturated carbocycles. The molecule has 1 atom stereocenters. The minimum Gasteiger partial charge on any atom is -0.491 e. The molecule has 6 heteroatoms. The van der Waals surface area contributed by atoms with Crippen molar-refractivity contribution in [1.29, 1.82) is 0 Å². The first kappa shape index (κ1) is 21.8. The Morgan fingerprint density at radius 2 is 1.66 bits per heavy atom. The number of hydrogen-bond donors (Lipinski definition) is 3. The van der Waals surface area contributed by atoms with Gasteiger partial charge in [0.2, 0.25) is 0 Å². The van der Waals surface area contributed by atoms with Gasteiger partial charge in [0, 0.05) is 22.6 Å². The van der Waals surface area contributed by atoms with Gasteiger partial charge in [0.1, 0.15) is 57.7 Å². The van der Waals surface area contributed by atoms with E-state index in [1.807, 2.05) is 19.1 Å². The topological polar surface area (TPSA) is 55.4 Å². The number of rotatable bonds is 9. The Balaban J connectivity index is 1.36. The molecule has 3 rings (SSSR count). The highest BCUT2D eigenvalue weighted by Crippen LogP contribution is 2.13. The number of carbonyl (C=O) groups excluding carboxylic acids is 1. The van der Waals surface area contributed by atoms with Crippen LogP contribution in [0.15, 0.2) is 48.5 Å².